The molecule has 0 aliphatic carbocycles. The van der Waals surface area contributed by atoms with Gasteiger partial charge in [0.2, 0.25) is 11.8 Å². The summed E-state index contributed by atoms with van der Waals surface area (Å²) < 4.78 is 11.9. The Labute approximate surface area is 214 Å². The van der Waals surface area contributed by atoms with E-state index in [2.05, 4.69) is 49.3 Å². The first kappa shape index (κ1) is 31.7. The number of methoxy groups -OCH3 is 1. The van der Waals surface area contributed by atoms with E-state index in [0.29, 0.717) is 24.1 Å². The van der Waals surface area contributed by atoms with Crippen molar-refractivity contribution in [3.8, 4) is 17.3 Å². The molecule has 8 nitrogen and oxygen atoms in total. The summed E-state index contributed by atoms with van der Waals surface area (Å²) in [6, 6.07) is 19.3. The molecule has 2 aromatic carbocycles. The topological polar surface area (TPSA) is 108 Å². The van der Waals surface area contributed by atoms with Gasteiger partial charge in [0.1, 0.15) is 12.5 Å². The predicted molar refractivity (Wildman–Crippen MR) is 149 cm³/mol. The highest BCUT2D eigenvalue weighted by atomic mass is 16.5. The van der Waals surface area contributed by atoms with Crippen LogP contribution in [-0.4, -0.2) is 28.7 Å². The van der Waals surface area contributed by atoms with E-state index < -0.39 is 0 Å². The van der Waals surface area contributed by atoms with Crippen molar-refractivity contribution in [2.75, 3.05) is 18.2 Å². The highest BCUT2D eigenvalue weighted by Crippen LogP contribution is 2.18. The third-order valence-corrected chi connectivity index (χ3v) is 4.19. The summed E-state index contributed by atoms with van der Waals surface area (Å²) in [7, 11) is 3.51. The number of hydrogen-bond acceptors (Lipinski definition) is 7. The van der Waals surface area contributed by atoms with Gasteiger partial charge in [-0.1, -0.05) is 50.1 Å². The number of ether oxygens (including phenoxy) is 1. The van der Waals surface area contributed by atoms with Crippen molar-refractivity contribution in [3.63, 3.8) is 0 Å². The molecule has 0 saturated heterocycles. The summed E-state index contributed by atoms with van der Waals surface area (Å²) in [5, 5.41) is 7.55. The maximum absolute atomic E-state index is 8.00. The number of benzene rings is 2. The van der Waals surface area contributed by atoms with Crippen LogP contribution >= 0.6 is 0 Å². The first-order valence-electron chi connectivity index (χ1n) is 11.4. The Kier molecular flexibility index (Phi) is 16.7. The molecular formula is C28H39N5O3. The van der Waals surface area contributed by atoms with Crippen LogP contribution in [0.1, 0.15) is 31.4 Å². The molecule has 0 aliphatic rings. The maximum Gasteiger partial charge on any atom is 0.221 e. The second-order valence-electron chi connectivity index (χ2n) is 7.18. The molecule has 0 fully saturated rings. The molecule has 8 heteroatoms. The number of anilines is 2. The molecule has 0 radical (unpaired) electrons. The quantitative estimate of drug-likeness (QED) is 0.248. The van der Waals surface area contributed by atoms with Crippen molar-refractivity contribution in [2.24, 2.45) is 7.05 Å². The summed E-state index contributed by atoms with van der Waals surface area (Å²) in [6.45, 7) is 15.0. The summed E-state index contributed by atoms with van der Waals surface area (Å²) in [4.78, 5) is 12.4. The fraction of sp³-hybridized carbons (Fsp3) is 0.250. The zero-order chi connectivity index (χ0) is 27.3. The first-order chi connectivity index (χ1) is 17.5. The van der Waals surface area contributed by atoms with E-state index in [1.165, 1.54) is 12.0 Å². The van der Waals surface area contributed by atoms with Gasteiger partial charge in [0, 0.05) is 19.3 Å². The molecule has 2 aromatic heterocycles. The molecule has 0 atom stereocenters. The standard InChI is InChI=1S/C14H15N5O.C8H10O.C3H8.C2H4.CH2O/c1-19-14(16-9-10-4-6-11(15)7-5-10)17-13(18-19)12-3-2-8-20-12;1-7-3-5-8(9-2)6-4-7;1-3-2;2*1-2/h2-8H,9,15H2,1H3,(H,16,17,18);3-6H,1-2H3;3H2,1-2H3;1-2H2;1H2. The molecule has 4 rings (SSSR count). The lowest BCUT2D eigenvalue weighted by molar-refractivity contribution is -0.0980. The molecule has 36 heavy (non-hydrogen) atoms. The number of nitrogens with zero attached hydrogens (tertiary/aromatic N) is 3. The molecule has 4 aromatic rings. The fourth-order valence-corrected chi connectivity index (χ4v) is 2.54. The highest BCUT2D eigenvalue weighted by molar-refractivity contribution is 5.49. The summed E-state index contributed by atoms with van der Waals surface area (Å²) in [5.41, 5.74) is 8.80. The van der Waals surface area contributed by atoms with Gasteiger partial charge in [-0.3, -0.25) is 0 Å². The van der Waals surface area contributed by atoms with Gasteiger partial charge in [-0.15, -0.1) is 18.3 Å². The van der Waals surface area contributed by atoms with Crippen molar-refractivity contribution < 1.29 is 13.9 Å². The summed E-state index contributed by atoms with van der Waals surface area (Å²) >= 11 is 0. The van der Waals surface area contributed by atoms with Crippen LogP contribution in [0.2, 0.25) is 0 Å². The normalized spacial score (nSPS) is 8.92. The lowest BCUT2D eigenvalue weighted by atomic mass is 10.2. The van der Waals surface area contributed by atoms with Gasteiger partial charge in [0.15, 0.2) is 5.76 Å². The minimum Gasteiger partial charge on any atom is -0.497 e. The van der Waals surface area contributed by atoms with Crippen molar-refractivity contribution in [1.29, 1.82) is 0 Å². The van der Waals surface area contributed by atoms with Gasteiger partial charge in [-0.05, 0) is 48.9 Å². The van der Waals surface area contributed by atoms with Crippen LogP contribution < -0.4 is 15.8 Å². The number of aryl methyl sites for hydroxylation is 2. The summed E-state index contributed by atoms with van der Waals surface area (Å²) in [6.07, 6.45) is 2.85. The van der Waals surface area contributed by atoms with E-state index in [0.717, 1.165) is 17.0 Å². The number of carbonyl (C=O) groups excluding carboxylic acids is 1. The van der Waals surface area contributed by atoms with Crippen LogP contribution in [0, 0.1) is 6.92 Å². The second kappa shape index (κ2) is 19.0. The lowest BCUT2D eigenvalue weighted by Crippen LogP contribution is -2.05. The van der Waals surface area contributed by atoms with Gasteiger partial charge in [0.05, 0.1) is 13.4 Å². The predicted octanol–water partition coefficient (Wildman–Crippen LogP) is 6.31. The molecule has 0 saturated carbocycles. The molecule has 0 unspecified atom stereocenters. The van der Waals surface area contributed by atoms with Crippen LogP contribution in [0.15, 0.2) is 84.5 Å². The van der Waals surface area contributed by atoms with E-state index in [1.54, 1.807) is 18.1 Å². The van der Waals surface area contributed by atoms with Crippen LogP contribution in [0.3, 0.4) is 0 Å². The Morgan fingerprint density at radius 1 is 1.03 bits per heavy atom. The summed E-state index contributed by atoms with van der Waals surface area (Å²) in [5.74, 6) is 2.83. The Morgan fingerprint density at radius 3 is 2.11 bits per heavy atom. The zero-order valence-corrected chi connectivity index (χ0v) is 22.0. The van der Waals surface area contributed by atoms with Crippen molar-refractivity contribution in [3.05, 3.63) is 91.2 Å². The third-order valence-electron chi connectivity index (χ3n) is 4.19. The van der Waals surface area contributed by atoms with E-state index in [1.807, 2.05) is 74.5 Å². The molecule has 0 aliphatic heterocycles. The minimum atomic E-state index is 0.567. The first-order valence-corrected chi connectivity index (χ1v) is 11.4. The smallest absolute Gasteiger partial charge is 0.221 e. The van der Waals surface area contributed by atoms with E-state index in [-0.39, 0.29) is 0 Å². The molecule has 194 valence electrons. The zero-order valence-electron chi connectivity index (χ0n) is 22.0. The van der Waals surface area contributed by atoms with Gasteiger partial charge in [0.25, 0.3) is 0 Å². The number of nitrogens with one attached hydrogen (secondary N) is 1. The maximum atomic E-state index is 8.00. The number of furan rings is 1. The van der Waals surface area contributed by atoms with Crippen molar-refractivity contribution >= 4 is 18.4 Å². The minimum absolute atomic E-state index is 0.567. The van der Waals surface area contributed by atoms with Crippen molar-refractivity contribution in [1.82, 2.24) is 14.8 Å². The van der Waals surface area contributed by atoms with Gasteiger partial charge in [-0.25, -0.2) is 4.68 Å². The Hall–Kier alpha value is -4.33. The second-order valence-corrected chi connectivity index (χ2v) is 7.18. The average molecular weight is 494 g/mol. The Morgan fingerprint density at radius 2 is 1.61 bits per heavy atom. The monoisotopic (exact) mass is 493 g/mol. The molecule has 0 spiro atoms. The van der Waals surface area contributed by atoms with E-state index in [4.69, 9.17) is 19.7 Å². The average Bonchev–Trinajstić information content (AvgIpc) is 3.58. The molecule has 0 bridgehead atoms. The van der Waals surface area contributed by atoms with Crippen LogP contribution in [0.25, 0.3) is 11.6 Å². The molecule has 3 N–H and O–H groups in total. The number of nitrogens with two attached hydrogens (primary N) is 1. The molecule has 0 amide bonds. The number of nitrogen functional groups attached to an aromatic ring is 1. The largest absolute Gasteiger partial charge is 0.497 e. The lowest BCUT2D eigenvalue weighted by Gasteiger charge is -2.04. The van der Waals surface area contributed by atoms with E-state index in [9.17, 15) is 0 Å². The Bertz CT molecular complexity index is 1060. The van der Waals surface area contributed by atoms with Crippen LogP contribution in [-0.2, 0) is 18.4 Å². The van der Waals surface area contributed by atoms with Gasteiger partial charge < -0.3 is 25.0 Å². The number of aromatic nitrogens is 3. The number of rotatable bonds is 5. The third kappa shape index (κ3) is 11.7. The van der Waals surface area contributed by atoms with E-state index >= 15 is 0 Å². The fourth-order valence-electron chi connectivity index (χ4n) is 2.54. The highest BCUT2D eigenvalue weighted by Gasteiger charge is 2.10. The molecular weight excluding hydrogens is 454 g/mol. The van der Waals surface area contributed by atoms with Gasteiger partial charge in [-0.2, -0.15) is 4.98 Å². The number of carbonyl (C=O) groups is 1. The molecule has 2 heterocycles. The van der Waals surface area contributed by atoms with Crippen LogP contribution in [0.5, 0.6) is 5.75 Å². The van der Waals surface area contributed by atoms with Crippen LogP contribution in [0.4, 0.5) is 11.6 Å². The number of hydrogen-bond donors (Lipinski definition) is 2. The Balaban J connectivity index is 0.000000640. The SMILES string of the molecule is C=C.C=O.CCC.COc1ccc(C)cc1.Cn1nc(-c2ccco2)nc1NCc1ccc(N)cc1. The van der Waals surface area contributed by atoms with Gasteiger partial charge >= 0.3 is 0 Å². The van der Waals surface area contributed by atoms with Crippen molar-refractivity contribution in [2.45, 2.75) is 33.7 Å².